The van der Waals surface area contributed by atoms with Crippen molar-refractivity contribution in [1.82, 2.24) is 4.98 Å². The maximum absolute atomic E-state index is 11.8. The van der Waals surface area contributed by atoms with Gasteiger partial charge >= 0.3 is 5.97 Å². The highest BCUT2D eigenvalue weighted by Crippen LogP contribution is 2.21. The second kappa shape index (κ2) is 4.05. The van der Waals surface area contributed by atoms with Crippen molar-refractivity contribution in [2.45, 2.75) is 20.3 Å². The molecule has 0 saturated carbocycles. The molecule has 0 aliphatic heterocycles. The Bertz CT molecular complexity index is 655. The summed E-state index contributed by atoms with van der Waals surface area (Å²) in [6.45, 7) is 3.74. The SMILES string of the molecule is CCc1c(C(=O)O)c(=O)[nH]c2c(C)cccc12. The Hall–Kier alpha value is -2.10. The Labute approximate surface area is 97.9 Å². The Morgan fingerprint density at radius 3 is 2.71 bits per heavy atom. The summed E-state index contributed by atoms with van der Waals surface area (Å²) in [4.78, 5) is 25.5. The van der Waals surface area contributed by atoms with Crippen molar-refractivity contribution in [2.24, 2.45) is 0 Å². The molecular formula is C13H13NO3. The minimum absolute atomic E-state index is 0.148. The lowest BCUT2D eigenvalue weighted by Crippen LogP contribution is -2.20. The fraction of sp³-hybridized carbons (Fsp3) is 0.231. The molecule has 0 aliphatic carbocycles. The lowest BCUT2D eigenvalue weighted by molar-refractivity contribution is 0.0694. The van der Waals surface area contributed by atoms with Crippen LogP contribution in [0.15, 0.2) is 23.0 Å². The number of aromatic nitrogens is 1. The second-order valence-electron chi connectivity index (χ2n) is 3.96. The fourth-order valence-corrected chi connectivity index (χ4v) is 2.13. The van der Waals surface area contributed by atoms with Crippen LogP contribution in [0.25, 0.3) is 10.9 Å². The first-order chi connectivity index (χ1) is 8.06. The van der Waals surface area contributed by atoms with Gasteiger partial charge in [-0.1, -0.05) is 25.1 Å². The molecule has 2 rings (SSSR count). The third kappa shape index (κ3) is 1.71. The van der Waals surface area contributed by atoms with E-state index in [2.05, 4.69) is 4.98 Å². The van der Waals surface area contributed by atoms with Crippen LogP contribution in [0.3, 0.4) is 0 Å². The van der Waals surface area contributed by atoms with Crippen molar-refractivity contribution < 1.29 is 9.90 Å². The minimum atomic E-state index is -1.17. The predicted octanol–water partition coefficient (Wildman–Crippen LogP) is 2.10. The molecule has 0 radical (unpaired) electrons. The molecule has 0 unspecified atom stereocenters. The average Bonchev–Trinajstić information content (AvgIpc) is 2.28. The summed E-state index contributed by atoms with van der Waals surface area (Å²) in [6.07, 6.45) is 0.519. The number of hydrogen-bond donors (Lipinski definition) is 2. The average molecular weight is 231 g/mol. The Morgan fingerprint density at radius 2 is 2.12 bits per heavy atom. The number of carbonyl (C=O) groups is 1. The van der Waals surface area contributed by atoms with Crippen molar-refractivity contribution >= 4 is 16.9 Å². The molecule has 17 heavy (non-hydrogen) atoms. The van der Waals surface area contributed by atoms with E-state index in [0.29, 0.717) is 12.0 Å². The summed E-state index contributed by atoms with van der Waals surface area (Å²) in [6, 6.07) is 5.59. The molecule has 0 spiro atoms. The molecule has 4 heteroatoms. The van der Waals surface area contributed by atoms with E-state index in [0.717, 1.165) is 16.5 Å². The van der Waals surface area contributed by atoms with Crippen molar-refractivity contribution in [3.8, 4) is 0 Å². The summed E-state index contributed by atoms with van der Waals surface area (Å²) < 4.78 is 0. The summed E-state index contributed by atoms with van der Waals surface area (Å²) >= 11 is 0. The zero-order valence-corrected chi connectivity index (χ0v) is 9.70. The largest absolute Gasteiger partial charge is 0.477 e. The Morgan fingerprint density at radius 1 is 1.41 bits per heavy atom. The van der Waals surface area contributed by atoms with E-state index in [1.54, 1.807) is 0 Å². The van der Waals surface area contributed by atoms with Gasteiger partial charge in [0.25, 0.3) is 5.56 Å². The van der Waals surface area contributed by atoms with Gasteiger partial charge in [0.05, 0.1) is 5.52 Å². The molecule has 1 aromatic carbocycles. The van der Waals surface area contributed by atoms with Crippen LogP contribution in [0.4, 0.5) is 0 Å². The molecule has 2 aromatic rings. The molecule has 0 fully saturated rings. The van der Waals surface area contributed by atoms with Gasteiger partial charge < -0.3 is 10.1 Å². The number of fused-ring (bicyclic) bond motifs is 1. The number of hydrogen-bond acceptors (Lipinski definition) is 2. The molecule has 0 amide bonds. The summed E-state index contributed by atoms with van der Waals surface area (Å²) in [5.74, 6) is -1.17. The van der Waals surface area contributed by atoms with Crippen LogP contribution in [0.2, 0.25) is 0 Å². The van der Waals surface area contributed by atoms with E-state index in [9.17, 15) is 9.59 Å². The second-order valence-corrected chi connectivity index (χ2v) is 3.96. The number of benzene rings is 1. The van der Waals surface area contributed by atoms with Gasteiger partial charge in [0, 0.05) is 5.39 Å². The maximum atomic E-state index is 11.8. The number of rotatable bonds is 2. The summed E-state index contributed by atoms with van der Waals surface area (Å²) in [5.41, 5.74) is 1.58. The first-order valence-corrected chi connectivity index (χ1v) is 5.44. The molecule has 0 aliphatic rings. The van der Waals surface area contributed by atoms with Gasteiger partial charge in [0.2, 0.25) is 0 Å². The molecule has 4 nitrogen and oxygen atoms in total. The molecule has 1 heterocycles. The number of pyridine rings is 1. The Kier molecular flexibility index (Phi) is 2.71. The zero-order chi connectivity index (χ0) is 12.6. The summed E-state index contributed by atoms with van der Waals surface area (Å²) in [5, 5.41) is 9.90. The highest BCUT2D eigenvalue weighted by Gasteiger charge is 2.17. The number of carboxylic acids is 1. The number of para-hydroxylation sites is 1. The van der Waals surface area contributed by atoms with Crippen LogP contribution in [0, 0.1) is 6.92 Å². The van der Waals surface area contributed by atoms with E-state index < -0.39 is 11.5 Å². The highest BCUT2D eigenvalue weighted by atomic mass is 16.4. The van der Waals surface area contributed by atoms with Crippen LogP contribution in [0.1, 0.15) is 28.4 Å². The van der Waals surface area contributed by atoms with Crippen LogP contribution < -0.4 is 5.56 Å². The first-order valence-electron chi connectivity index (χ1n) is 5.44. The molecule has 0 atom stereocenters. The number of aromatic carboxylic acids is 1. The predicted molar refractivity (Wildman–Crippen MR) is 65.6 cm³/mol. The lowest BCUT2D eigenvalue weighted by atomic mass is 9.99. The van der Waals surface area contributed by atoms with Crippen molar-refractivity contribution in [1.29, 1.82) is 0 Å². The van der Waals surface area contributed by atoms with Crippen LogP contribution in [0.5, 0.6) is 0 Å². The zero-order valence-electron chi connectivity index (χ0n) is 9.70. The van der Waals surface area contributed by atoms with Gasteiger partial charge in [-0.25, -0.2) is 4.79 Å². The van der Waals surface area contributed by atoms with Gasteiger partial charge in [-0.05, 0) is 24.5 Å². The smallest absolute Gasteiger partial charge is 0.341 e. The van der Waals surface area contributed by atoms with E-state index in [4.69, 9.17) is 5.11 Å². The molecular weight excluding hydrogens is 218 g/mol. The van der Waals surface area contributed by atoms with Gasteiger partial charge in [0.1, 0.15) is 5.56 Å². The summed E-state index contributed by atoms with van der Waals surface area (Å²) in [7, 11) is 0. The number of carboxylic acid groups (broad SMARTS) is 1. The van der Waals surface area contributed by atoms with E-state index in [1.165, 1.54) is 0 Å². The third-order valence-corrected chi connectivity index (χ3v) is 2.93. The fourth-order valence-electron chi connectivity index (χ4n) is 2.13. The standard InChI is InChI=1S/C13H13NO3/c1-3-8-9-6-4-5-7(2)11(9)14-12(15)10(8)13(16)17/h4-6H,3H2,1-2H3,(H,14,15)(H,16,17). The molecule has 0 bridgehead atoms. The number of nitrogens with one attached hydrogen (secondary N) is 1. The normalized spacial score (nSPS) is 10.7. The van der Waals surface area contributed by atoms with Crippen molar-refractivity contribution in [3.05, 3.63) is 45.2 Å². The topological polar surface area (TPSA) is 70.2 Å². The van der Waals surface area contributed by atoms with E-state index in [-0.39, 0.29) is 5.56 Å². The molecule has 1 aromatic heterocycles. The maximum Gasteiger partial charge on any atom is 0.341 e. The van der Waals surface area contributed by atoms with Crippen LogP contribution >= 0.6 is 0 Å². The molecule has 0 saturated heterocycles. The Balaban J connectivity index is 3.01. The lowest BCUT2D eigenvalue weighted by Gasteiger charge is -2.09. The van der Waals surface area contributed by atoms with Crippen molar-refractivity contribution in [2.75, 3.05) is 0 Å². The van der Waals surface area contributed by atoms with Gasteiger partial charge in [-0.2, -0.15) is 0 Å². The number of aromatic amines is 1. The van der Waals surface area contributed by atoms with E-state index in [1.807, 2.05) is 32.0 Å². The monoisotopic (exact) mass is 231 g/mol. The van der Waals surface area contributed by atoms with Gasteiger partial charge in [0.15, 0.2) is 0 Å². The number of H-pyrrole nitrogens is 1. The first kappa shape index (κ1) is 11.4. The molecule has 88 valence electrons. The third-order valence-electron chi connectivity index (χ3n) is 2.93. The van der Waals surface area contributed by atoms with Gasteiger partial charge in [-0.15, -0.1) is 0 Å². The molecule has 2 N–H and O–H groups in total. The van der Waals surface area contributed by atoms with Crippen LogP contribution in [-0.2, 0) is 6.42 Å². The van der Waals surface area contributed by atoms with Crippen molar-refractivity contribution in [3.63, 3.8) is 0 Å². The van der Waals surface area contributed by atoms with Crippen LogP contribution in [-0.4, -0.2) is 16.1 Å². The quantitative estimate of drug-likeness (QED) is 0.831. The number of aryl methyl sites for hydroxylation is 2. The minimum Gasteiger partial charge on any atom is -0.477 e. The van der Waals surface area contributed by atoms with Gasteiger partial charge in [-0.3, -0.25) is 4.79 Å². The van der Waals surface area contributed by atoms with E-state index >= 15 is 0 Å². The highest BCUT2D eigenvalue weighted by molar-refractivity contribution is 5.96.